The SMILES string of the molecule is CCCOCCCCOCCNC. The highest BCUT2D eigenvalue weighted by Gasteiger charge is 1.89. The van der Waals surface area contributed by atoms with Crippen molar-refractivity contribution in [2.24, 2.45) is 0 Å². The van der Waals surface area contributed by atoms with Gasteiger partial charge < -0.3 is 14.8 Å². The van der Waals surface area contributed by atoms with E-state index >= 15 is 0 Å². The highest BCUT2D eigenvalue weighted by Crippen LogP contribution is 1.91. The Labute approximate surface area is 81.8 Å². The summed E-state index contributed by atoms with van der Waals surface area (Å²) in [6.45, 7) is 6.50. The summed E-state index contributed by atoms with van der Waals surface area (Å²) in [6.07, 6.45) is 3.33. The molecule has 0 amide bonds. The predicted octanol–water partition coefficient (Wildman–Crippen LogP) is 1.43. The van der Waals surface area contributed by atoms with Crippen molar-refractivity contribution in [1.82, 2.24) is 5.32 Å². The lowest BCUT2D eigenvalue weighted by Crippen LogP contribution is -2.14. The summed E-state index contributed by atoms with van der Waals surface area (Å²) in [7, 11) is 1.93. The molecule has 80 valence electrons. The summed E-state index contributed by atoms with van der Waals surface area (Å²) < 4.78 is 10.7. The fourth-order valence-corrected chi connectivity index (χ4v) is 0.931. The maximum absolute atomic E-state index is 5.36. The van der Waals surface area contributed by atoms with Crippen LogP contribution < -0.4 is 5.32 Å². The predicted molar refractivity (Wildman–Crippen MR) is 55.1 cm³/mol. The topological polar surface area (TPSA) is 30.5 Å². The lowest BCUT2D eigenvalue weighted by molar-refractivity contribution is 0.104. The highest BCUT2D eigenvalue weighted by atomic mass is 16.5. The minimum absolute atomic E-state index is 0.812. The van der Waals surface area contributed by atoms with Crippen molar-refractivity contribution in [1.29, 1.82) is 0 Å². The number of ether oxygens (including phenoxy) is 2. The first-order valence-corrected chi connectivity index (χ1v) is 5.22. The van der Waals surface area contributed by atoms with E-state index in [1.807, 2.05) is 7.05 Å². The number of unbranched alkanes of at least 4 members (excludes halogenated alkanes) is 1. The van der Waals surface area contributed by atoms with Gasteiger partial charge >= 0.3 is 0 Å². The Morgan fingerprint density at radius 2 is 1.54 bits per heavy atom. The number of hydrogen-bond acceptors (Lipinski definition) is 3. The normalized spacial score (nSPS) is 10.6. The summed E-state index contributed by atoms with van der Waals surface area (Å²) in [5.41, 5.74) is 0. The molecule has 0 radical (unpaired) electrons. The molecule has 0 saturated heterocycles. The standard InChI is InChI=1S/C10H23NO2/c1-3-7-12-8-4-5-9-13-10-6-11-2/h11H,3-10H2,1-2H3. The monoisotopic (exact) mass is 189 g/mol. The number of likely N-dealkylation sites (N-methyl/N-ethyl adjacent to an activating group) is 1. The summed E-state index contributed by atoms with van der Waals surface area (Å²) in [5.74, 6) is 0. The maximum atomic E-state index is 5.36. The van der Waals surface area contributed by atoms with Crippen LogP contribution in [0.5, 0.6) is 0 Å². The van der Waals surface area contributed by atoms with E-state index in [0.717, 1.165) is 52.2 Å². The van der Waals surface area contributed by atoms with Crippen molar-refractivity contribution in [3.63, 3.8) is 0 Å². The van der Waals surface area contributed by atoms with Crippen LogP contribution in [0.3, 0.4) is 0 Å². The second-order valence-electron chi connectivity index (χ2n) is 3.04. The molecule has 0 aliphatic rings. The van der Waals surface area contributed by atoms with Crippen LogP contribution in [0.2, 0.25) is 0 Å². The average Bonchev–Trinajstić information content (AvgIpc) is 2.16. The smallest absolute Gasteiger partial charge is 0.0590 e. The maximum Gasteiger partial charge on any atom is 0.0590 e. The number of nitrogens with one attached hydrogen (secondary N) is 1. The van der Waals surface area contributed by atoms with Crippen molar-refractivity contribution in [3.8, 4) is 0 Å². The molecule has 0 aliphatic carbocycles. The van der Waals surface area contributed by atoms with Crippen molar-refractivity contribution in [2.75, 3.05) is 40.0 Å². The molecule has 0 aromatic rings. The molecule has 0 spiro atoms. The van der Waals surface area contributed by atoms with Gasteiger partial charge in [-0.1, -0.05) is 6.92 Å². The molecule has 0 bridgehead atoms. The minimum Gasteiger partial charge on any atom is -0.381 e. The Bertz CT molecular complexity index is 79.0. The molecule has 3 nitrogen and oxygen atoms in total. The zero-order chi connectivity index (χ0) is 9.78. The van der Waals surface area contributed by atoms with E-state index in [1.54, 1.807) is 0 Å². The second kappa shape index (κ2) is 11.9. The van der Waals surface area contributed by atoms with Gasteiger partial charge in [-0.25, -0.2) is 0 Å². The molecule has 13 heavy (non-hydrogen) atoms. The fraction of sp³-hybridized carbons (Fsp3) is 1.00. The first kappa shape index (κ1) is 12.9. The molecule has 0 aliphatic heterocycles. The molecule has 0 atom stereocenters. The van der Waals surface area contributed by atoms with Crippen LogP contribution in [-0.2, 0) is 9.47 Å². The molecule has 0 unspecified atom stereocenters. The fourth-order valence-electron chi connectivity index (χ4n) is 0.931. The van der Waals surface area contributed by atoms with Crippen molar-refractivity contribution < 1.29 is 9.47 Å². The molecule has 3 heteroatoms. The van der Waals surface area contributed by atoms with E-state index < -0.39 is 0 Å². The van der Waals surface area contributed by atoms with E-state index in [2.05, 4.69) is 12.2 Å². The van der Waals surface area contributed by atoms with E-state index in [4.69, 9.17) is 9.47 Å². The summed E-state index contributed by atoms with van der Waals surface area (Å²) in [6, 6.07) is 0. The lowest BCUT2D eigenvalue weighted by Gasteiger charge is -2.04. The van der Waals surface area contributed by atoms with Gasteiger partial charge in [0.15, 0.2) is 0 Å². The van der Waals surface area contributed by atoms with E-state index in [9.17, 15) is 0 Å². The first-order chi connectivity index (χ1) is 6.41. The first-order valence-electron chi connectivity index (χ1n) is 5.22. The van der Waals surface area contributed by atoms with Gasteiger partial charge in [0.1, 0.15) is 0 Å². The summed E-state index contributed by atoms with van der Waals surface area (Å²) >= 11 is 0. The zero-order valence-corrected chi connectivity index (χ0v) is 8.97. The van der Waals surface area contributed by atoms with Gasteiger partial charge in [-0.2, -0.15) is 0 Å². The van der Waals surface area contributed by atoms with Crippen molar-refractivity contribution >= 4 is 0 Å². The molecular weight excluding hydrogens is 166 g/mol. The van der Waals surface area contributed by atoms with E-state index in [-0.39, 0.29) is 0 Å². The molecule has 0 rings (SSSR count). The summed E-state index contributed by atoms with van der Waals surface area (Å²) in [4.78, 5) is 0. The van der Waals surface area contributed by atoms with Crippen LogP contribution in [0.15, 0.2) is 0 Å². The molecule has 0 saturated carbocycles. The van der Waals surface area contributed by atoms with E-state index in [0.29, 0.717) is 0 Å². The summed E-state index contributed by atoms with van der Waals surface area (Å²) in [5, 5.41) is 3.04. The van der Waals surface area contributed by atoms with Crippen LogP contribution in [0.1, 0.15) is 26.2 Å². The Kier molecular flexibility index (Phi) is 11.8. The van der Waals surface area contributed by atoms with Gasteiger partial charge in [0, 0.05) is 26.4 Å². The van der Waals surface area contributed by atoms with Gasteiger partial charge in [0.25, 0.3) is 0 Å². The third-order valence-electron chi connectivity index (χ3n) is 1.67. The Morgan fingerprint density at radius 1 is 0.923 bits per heavy atom. The molecule has 0 aromatic heterocycles. The Hall–Kier alpha value is -0.120. The number of rotatable bonds is 10. The van der Waals surface area contributed by atoms with Gasteiger partial charge in [0.2, 0.25) is 0 Å². The molecule has 1 N–H and O–H groups in total. The van der Waals surface area contributed by atoms with E-state index in [1.165, 1.54) is 0 Å². The third-order valence-corrected chi connectivity index (χ3v) is 1.67. The van der Waals surface area contributed by atoms with Crippen LogP contribution in [0, 0.1) is 0 Å². The number of hydrogen-bond donors (Lipinski definition) is 1. The van der Waals surface area contributed by atoms with Crippen molar-refractivity contribution in [3.05, 3.63) is 0 Å². The second-order valence-corrected chi connectivity index (χ2v) is 3.04. The highest BCUT2D eigenvalue weighted by molar-refractivity contribution is 4.40. The Morgan fingerprint density at radius 3 is 2.08 bits per heavy atom. The largest absolute Gasteiger partial charge is 0.381 e. The van der Waals surface area contributed by atoms with Crippen LogP contribution >= 0.6 is 0 Å². The lowest BCUT2D eigenvalue weighted by atomic mass is 10.3. The van der Waals surface area contributed by atoms with Crippen LogP contribution in [0.4, 0.5) is 0 Å². The third kappa shape index (κ3) is 11.9. The van der Waals surface area contributed by atoms with Gasteiger partial charge in [-0.05, 0) is 26.3 Å². The molecule has 0 aromatic carbocycles. The molecular formula is C10H23NO2. The van der Waals surface area contributed by atoms with Crippen LogP contribution in [-0.4, -0.2) is 40.0 Å². The quantitative estimate of drug-likeness (QED) is 0.527. The molecule has 0 heterocycles. The van der Waals surface area contributed by atoms with Gasteiger partial charge in [-0.3, -0.25) is 0 Å². The average molecular weight is 189 g/mol. The Balaban J connectivity index is 2.76. The minimum atomic E-state index is 0.812. The molecule has 0 fully saturated rings. The zero-order valence-electron chi connectivity index (χ0n) is 8.97. The van der Waals surface area contributed by atoms with Gasteiger partial charge in [0.05, 0.1) is 6.61 Å². The van der Waals surface area contributed by atoms with Gasteiger partial charge in [-0.15, -0.1) is 0 Å². The van der Waals surface area contributed by atoms with Crippen LogP contribution in [0.25, 0.3) is 0 Å². The van der Waals surface area contributed by atoms with Crippen molar-refractivity contribution in [2.45, 2.75) is 26.2 Å².